The number of rotatable bonds is 6. The maximum atomic E-state index is 12.7. The van der Waals surface area contributed by atoms with Gasteiger partial charge in [-0.05, 0) is 25.1 Å². The van der Waals surface area contributed by atoms with Gasteiger partial charge in [-0.1, -0.05) is 66.2 Å². The van der Waals surface area contributed by atoms with Crippen LogP contribution in [0.1, 0.15) is 31.8 Å². The van der Waals surface area contributed by atoms with Crippen LogP contribution in [-0.4, -0.2) is 24.3 Å². The normalized spacial score (nSPS) is 10.2. The maximum absolute atomic E-state index is 12.7. The average molecular weight is 373 g/mol. The predicted molar refractivity (Wildman–Crippen MR) is 106 cm³/mol. The number of hydrogen-bond donors (Lipinski definition) is 1. The Morgan fingerprint density at radius 3 is 2.07 bits per heavy atom. The Bertz CT molecular complexity index is 995. The third-order valence-electron chi connectivity index (χ3n) is 4.10. The van der Waals surface area contributed by atoms with Crippen molar-refractivity contribution in [2.45, 2.75) is 6.92 Å². The van der Waals surface area contributed by atoms with E-state index in [9.17, 15) is 14.4 Å². The van der Waals surface area contributed by atoms with Crippen LogP contribution in [0.4, 0.5) is 5.69 Å². The second kappa shape index (κ2) is 8.77. The van der Waals surface area contributed by atoms with Crippen molar-refractivity contribution in [2.75, 3.05) is 11.9 Å². The number of hydrogen-bond acceptors (Lipinski definition) is 4. The highest BCUT2D eigenvalue weighted by Gasteiger charge is 2.19. The summed E-state index contributed by atoms with van der Waals surface area (Å²) in [4.78, 5) is 37.2. The van der Waals surface area contributed by atoms with Crippen LogP contribution in [0.2, 0.25) is 0 Å². The number of nitrogens with one attached hydrogen (secondary N) is 1. The molecule has 0 atom stereocenters. The molecule has 0 heterocycles. The quantitative estimate of drug-likeness (QED) is 0.523. The lowest BCUT2D eigenvalue weighted by Gasteiger charge is -2.10. The van der Waals surface area contributed by atoms with Crippen LogP contribution in [0.25, 0.3) is 0 Å². The predicted octanol–water partition coefficient (Wildman–Crippen LogP) is 4.02. The van der Waals surface area contributed by atoms with Gasteiger partial charge in [0.15, 0.2) is 12.4 Å². The Balaban J connectivity index is 1.67. The van der Waals surface area contributed by atoms with Gasteiger partial charge in [0.2, 0.25) is 0 Å². The fraction of sp³-hybridized carbons (Fsp3) is 0.0870. The van der Waals surface area contributed by atoms with Gasteiger partial charge in [0.25, 0.3) is 5.91 Å². The molecule has 1 amide bonds. The van der Waals surface area contributed by atoms with E-state index >= 15 is 0 Å². The minimum absolute atomic E-state index is 0.125. The monoisotopic (exact) mass is 373 g/mol. The van der Waals surface area contributed by atoms with Crippen molar-refractivity contribution in [3.63, 3.8) is 0 Å². The number of ketones is 1. The Morgan fingerprint density at radius 2 is 1.39 bits per heavy atom. The molecule has 3 aromatic carbocycles. The molecule has 0 fully saturated rings. The molecule has 0 aliphatic heterocycles. The molecule has 0 unspecified atom stereocenters. The molecule has 0 aliphatic carbocycles. The summed E-state index contributed by atoms with van der Waals surface area (Å²) in [7, 11) is 0. The van der Waals surface area contributed by atoms with E-state index in [1.807, 2.05) is 25.1 Å². The Labute approximate surface area is 163 Å². The summed E-state index contributed by atoms with van der Waals surface area (Å²) in [5.74, 6) is -1.46. The number of benzene rings is 3. The molecule has 0 saturated carbocycles. The minimum Gasteiger partial charge on any atom is -0.452 e. The van der Waals surface area contributed by atoms with E-state index in [0.717, 1.165) is 5.56 Å². The van der Waals surface area contributed by atoms with Crippen molar-refractivity contribution >= 4 is 23.3 Å². The zero-order valence-corrected chi connectivity index (χ0v) is 15.3. The van der Waals surface area contributed by atoms with E-state index < -0.39 is 18.5 Å². The van der Waals surface area contributed by atoms with Crippen LogP contribution < -0.4 is 5.32 Å². The first-order valence-electron chi connectivity index (χ1n) is 8.77. The van der Waals surface area contributed by atoms with Crippen LogP contribution in [0, 0.1) is 6.92 Å². The first-order valence-corrected chi connectivity index (χ1v) is 8.77. The number of amides is 1. The van der Waals surface area contributed by atoms with Gasteiger partial charge in [0, 0.05) is 16.8 Å². The second-order valence-electron chi connectivity index (χ2n) is 6.23. The third-order valence-corrected chi connectivity index (χ3v) is 4.10. The molecule has 0 saturated heterocycles. The van der Waals surface area contributed by atoms with Crippen LogP contribution in [0.5, 0.6) is 0 Å². The molecule has 5 nitrogen and oxygen atoms in total. The van der Waals surface area contributed by atoms with Crippen LogP contribution >= 0.6 is 0 Å². The summed E-state index contributed by atoms with van der Waals surface area (Å²) in [6.45, 7) is 1.50. The van der Waals surface area contributed by atoms with Crippen molar-refractivity contribution < 1.29 is 19.1 Å². The lowest BCUT2D eigenvalue weighted by molar-refractivity contribution is -0.119. The van der Waals surface area contributed by atoms with Gasteiger partial charge >= 0.3 is 5.97 Å². The highest BCUT2D eigenvalue weighted by Crippen LogP contribution is 2.16. The molecule has 0 bridgehead atoms. The molecule has 5 heteroatoms. The number of anilines is 1. The summed E-state index contributed by atoms with van der Waals surface area (Å²) >= 11 is 0. The third kappa shape index (κ3) is 4.71. The maximum Gasteiger partial charge on any atom is 0.339 e. The number of carbonyl (C=O) groups excluding carboxylic acids is 3. The SMILES string of the molecule is Cc1ccc(NC(=O)COC(=O)c2ccccc2C(=O)c2ccccc2)cc1. The number of esters is 1. The fourth-order valence-corrected chi connectivity index (χ4v) is 2.65. The second-order valence-corrected chi connectivity index (χ2v) is 6.23. The average Bonchev–Trinajstić information content (AvgIpc) is 2.74. The topological polar surface area (TPSA) is 72.5 Å². The Hall–Kier alpha value is -3.73. The number of aryl methyl sites for hydroxylation is 1. The van der Waals surface area contributed by atoms with Gasteiger partial charge in [0.1, 0.15) is 0 Å². The summed E-state index contributed by atoms with van der Waals surface area (Å²) in [5.41, 5.74) is 2.52. The van der Waals surface area contributed by atoms with Crippen molar-refractivity contribution in [3.05, 3.63) is 101 Å². The smallest absolute Gasteiger partial charge is 0.339 e. The first-order chi connectivity index (χ1) is 13.5. The van der Waals surface area contributed by atoms with Gasteiger partial charge in [-0.15, -0.1) is 0 Å². The largest absolute Gasteiger partial charge is 0.452 e. The highest BCUT2D eigenvalue weighted by molar-refractivity contribution is 6.14. The Kier molecular flexibility index (Phi) is 5.97. The van der Waals surface area contributed by atoms with Crippen LogP contribution in [0.15, 0.2) is 78.9 Å². The lowest BCUT2D eigenvalue weighted by Crippen LogP contribution is -2.22. The first kappa shape index (κ1) is 19.0. The molecule has 0 radical (unpaired) electrons. The van der Waals surface area contributed by atoms with Gasteiger partial charge in [-0.2, -0.15) is 0 Å². The fourth-order valence-electron chi connectivity index (χ4n) is 2.65. The molecule has 0 aliphatic rings. The van der Waals surface area contributed by atoms with Gasteiger partial charge in [0.05, 0.1) is 5.56 Å². The van der Waals surface area contributed by atoms with Crippen LogP contribution in [0.3, 0.4) is 0 Å². The summed E-state index contributed by atoms with van der Waals surface area (Å²) in [5, 5.41) is 2.66. The Morgan fingerprint density at radius 1 is 0.786 bits per heavy atom. The molecule has 0 spiro atoms. The molecular weight excluding hydrogens is 354 g/mol. The highest BCUT2D eigenvalue weighted by atomic mass is 16.5. The van der Waals surface area contributed by atoms with Crippen molar-refractivity contribution in [2.24, 2.45) is 0 Å². The summed E-state index contributed by atoms with van der Waals surface area (Å²) in [6.07, 6.45) is 0. The molecule has 140 valence electrons. The molecule has 0 aromatic heterocycles. The number of carbonyl (C=O) groups is 3. The van der Waals surface area contributed by atoms with E-state index in [0.29, 0.717) is 11.3 Å². The van der Waals surface area contributed by atoms with Crippen molar-refractivity contribution in [3.8, 4) is 0 Å². The van der Waals surface area contributed by atoms with E-state index in [4.69, 9.17) is 4.74 Å². The molecule has 3 rings (SSSR count). The zero-order valence-electron chi connectivity index (χ0n) is 15.3. The van der Waals surface area contributed by atoms with Gasteiger partial charge < -0.3 is 10.1 Å². The molecule has 1 N–H and O–H groups in total. The van der Waals surface area contributed by atoms with Crippen molar-refractivity contribution in [1.82, 2.24) is 0 Å². The van der Waals surface area contributed by atoms with Crippen LogP contribution in [-0.2, 0) is 9.53 Å². The molecule has 28 heavy (non-hydrogen) atoms. The zero-order chi connectivity index (χ0) is 19.9. The van der Waals surface area contributed by atoms with Gasteiger partial charge in [-0.25, -0.2) is 4.79 Å². The summed E-state index contributed by atoms with van der Waals surface area (Å²) < 4.78 is 5.11. The van der Waals surface area contributed by atoms with E-state index in [1.54, 1.807) is 54.6 Å². The standard InChI is InChI=1S/C23H19NO4/c1-16-11-13-18(14-12-16)24-21(25)15-28-23(27)20-10-6-5-9-19(20)22(26)17-7-3-2-4-8-17/h2-14H,15H2,1H3,(H,24,25). The van der Waals surface area contributed by atoms with E-state index in [-0.39, 0.29) is 16.9 Å². The summed E-state index contributed by atoms with van der Waals surface area (Å²) in [6, 6.07) is 22.3. The number of ether oxygens (including phenoxy) is 1. The van der Waals surface area contributed by atoms with Crippen molar-refractivity contribution in [1.29, 1.82) is 0 Å². The van der Waals surface area contributed by atoms with Gasteiger partial charge in [-0.3, -0.25) is 9.59 Å². The van der Waals surface area contributed by atoms with E-state index in [2.05, 4.69) is 5.32 Å². The molecular formula is C23H19NO4. The minimum atomic E-state index is -0.723. The lowest BCUT2D eigenvalue weighted by atomic mass is 9.98. The molecule has 3 aromatic rings. The van der Waals surface area contributed by atoms with E-state index in [1.165, 1.54) is 6.07 Å².